The lowest BCUT2D eigenvalue weighted by molar-refractivity contribution is 0.603. The number of thioether (sulfide) groups is 1. The van der Waals surface area contributed by atoms with E-state index >= 15 is 0 Å². The molecule has 0 bridgehead atoms. The van der Waals surface area contributed by atoms with Gasteiger partial charge in [0, 0.05) is 5.75 Å². The molecule has 0 aliphatic heterocycles. The van der Waals surface area contributed by atoms with Crippen LogP contribution in [-0.4, -0.2) is 24.4 Å². The summed E-state index contributed by atoms with van der Waals surface area (Å²) < 4.78 is 27.4. The number of hydrogen-bond acceptors (Lipinski definition) is 7. The summed E-state index contributed by atoms with van der Waals surface area (Å²) in [5, 5.41) is 9.84. The van der Waals surface area contributed by atoms with Gasteiger partial charge in [-0.1, -0.05) is 43.0 Å². The van der Waals surface area contributed by atoms with Crippen molar-refractivity contribution in [2.45, 2.75) is 22.4 Å². The fourth-order valence-electron chi connectivity index (χ4n) is 1.13. The molecule has 19 heavy (non-hydrogen) atoms. The second-order valence-corrected chi connectivity index (χ2v) is 9.22. The number of nitrogens with zero attached hydrogens (tertiary/aromatic N) is 2. The topological polar surface area (TPSA) is 72.0 Å². The zero-order valence-electron chi connectivity index (χ0n) is 10.4. The molecule has 2 heterocycles. The Morgan fingerprint density at radius 2 is 2.21 bits per heavy atom. The largest absolute Gasteiger partial charge is 0.273 e. The van der Waals surface area contributed by atoms with E-state index in [0.29, 0.717) is 11.0 Å². The Labute approximate surface area is 124 Å². The monoisotopic (exact) mass is 335 g/mol. The van der Waals surface area contributed by atoms with Gasteiger partial charge in [-0.25, -0.2) is 8.42 Å². The molecule has 0 atom stereocenters. The van der Waals surface area contributed by atoms with E-state index < -0.39 is 10.0 Å². The maximum Gasteiger partial charge on any atom is 0.273 e. The van der Waals surface area contributed by atoms with Crippen molar-refractivity contribution in [3.8, 4) is 0 Å². The van der Waals surface area contributed by atoms with Crippen LogP contribution in [0.25, 0.3) is 0 Å². The first-order valence-corrected chi connectivity index (χ1v) is 9.66. The van der Waals surface area contributed by atoms with Crippen molar-refractivity contribution in [1.82, 2.24) is 10.2 Å². The molecule has 2 aromatic rings. The predicted molar refractivity (Wildman–Crippen MR) is 80.6 cm³/mol. The van der Waals surface area contributed by atoms with Gasteiger partial charge >= 0.3 is 0 Å². The number of thiophene rings is 1. The molecular weight excluding hydrogens is 322 g/mol. The molecule has 104 valence electrons. The predicted octanol–water partition coefficient (Wildman–Crippen LogP) is 3.15. The van der Waals surface area contributed by atoms with Gasteiger partial charge in [-0.2, -0.15) is 0 Å². The summed E-state index contributed by atoms with van der Waals surface area (Å²) in [6, 6.07) is 3.26. The van der Waals surface area contributed by atoms with Crippen LogP contribution in [0.4, 0.5) is 5.13 Å². The minimum Gasteiger partial charge on any atom is -0.252 e. The zero-order valence-corrected chi connectivity index (χ0v) is 13.6. The van der Waals surface area contributed by atoms with E-state index in [1.165, 1.54) is 22.7 Å². The maximum absolute atomic E-state index is 12.0. The Balaban J connectivity index is 2.04. The third-order valence-corrected chi connectivity index (χ3v) is 7.19. The van der Waals surface area contributed by atoms with Gasteiger partial charge in [0.2, 0.25) is 5.13 Å². The minimum absolute atomic E-state index is 0.277. The van der Waals surface area contributed by atoms with Crippen molar-refractivity contribution in [2.75, 3.05) is 10.5 Å². The van der Waals surface area contributed by atoms with Crippen LogP contribution in [0.1, 0.15) is 13.8 Å². The SMILES string of the molecule is CC(C)CSc1nnc(NS(=O)(=O)c2cccs2)s1. The fourth-order valence-corrected chi connectivity index (χ4v) is 5.08. The van der Waals surface area contributed by atoms with Crippen LogP contribution >= 0.6 is 34.4 Å². The molecule has 0 saturated heterocycles. The van der Waals surface area contributed by atoms with E-state index in [-0.39, 0.29) is 4.21 Å². The first-order chi connectivity index (χ1) is 8.97. The summed E-state index contributed by atoms with van der Waals surface area (Å²) in [5.74, 6) is 1.49. The number of rotatable bonds is 6. The molecule has 0 aliphatic carbocycles. The lowest BCUT2D eigenvalue weighted by atomic mass is 10.3. The van der Waals surface area contributed by atoms with Gasteiger partial charge in [0.05, 0.1) is 0 Å². The molecule has 2 aromatic heterocycles. The average Bonchev–Trinajstić information content (AvgIpc) is 2.96. The van der Waals surface area contributed by atoms with Gasteiger partial charge in [-0.3, -0.25) is 4.72 Å². The lowest BCUT2D eigenvalue weighted by Crippen LogP contribution is -2.11. The Kier molecular flexibility index (Phi) is 4.82. The number of sulfonamides is 1. The molecule has 0 fully saturated rings. The van der Waals surface area contributed by atoms with Crippen molar-refractivity contribution in [2.24, 2.45) is 5.92 Å². The molecule has 0 aromatic carbocycles. The first kappa shape index (κ1) is 14.8. The summed E-state index contributed by atoms with van der Waals surface area (Å²) in [6.07, 6.45) is 0. The molecule has 0 spiro atoms. The third-order valence-electron chi connectivity index (χ3n) is 1.93. The van der Waals surface area contributed by atoms with Crippen LogP contribution < -0.4 is 4.72 Å². The molecule has 0 radical (unpaired) electrons. The molecule has 0 amide bonds. The van der Waals surface area contributed by atoms with Gasteiger partial charge in [-0.05, 0) is 17.4 Å². The summed E-state index contributed by atoms with van der Waals surface area (Å²) in [6.45, 7) is 4.24. The van der Waals surface area contributed by atoms with Crippen molar-refractivity contribution in [3.63, 3.8) is 0 Å². The smallest absolute Gasteiger partial charge is 0.252 e. The van der Waals surface area contributed by atoms with Crippen molar-refractivity contribution >= 4 is 49.6 Å². The highest BCUT2D eigenvalue weighted by atomic mass is 32.2. The average molecular weight is 336 g/mol. The van der Waals surface area contributed by atoms with E-state index in [4.69, 9.17) is 0 Å². The van der Waals surface area contributed by atoms with Crippen LogP contribution in [0, 0.1) is 5.92 Å². The van der Waals surface area contributed by atoms with Gasteiger partial charge < -0.3 is 0 Å². The van der Waals surface area contributed by atoms with Gasteiger partial charge in [0.15, 0.2) is 4.34 Å². The highest BCUT2D eigenvalue weighted by Crippen LogP contribution is 2.28. The van der Waals surface area contributed by atoms with Gasteiger partial charge in [0.1, 0.15) is 4.21 Å². The third kappa shape index (κ3) is 4.16. The molecule has 9 heteroatoms. The summed E-state index contributed by atoms with van der Waals surface area (Å²) >= 11 is 4.01. The Morgan fingerprint density at radius 1 is 1.42 bits per heavy atom. The molecule has 1 N–H and O–H groups in total. The highest BCUT2D eigenvalue weighted by molar-refractivity contribution is 8.01. The van der Waals surface area contributed by atoms with Crippen LogP contribution in [0.15, 0.2) is 26.1 Å². The summed E-state index contributed by atoms with van der Waals surface area (Å²) in [7, 11) is -3.52. The fraction of sp³-hybridized carbons (Fsp3) is 0.400. The Morgan fingerprint density at radius 3 is 2.84 bits per heavy atom. The normalized spacial score (nSPS) is 11.9. The van der Waals surface area contributed by atoms with Gasteiger partial charge in [0.25, 0.3) is 10.0 Å². The number of anilines is 1. The molecule has 0 unspecified atom stereocenters. The van der Waals surface area contributed by atoms with E-state index in [9.17, 15) is 8.42 Å². The van der Waals surface area contributed by atoms with E-state index in [2.05, 4.69) is 28.8 Å². The van der Waals surface area contributed by atoms with Crippen LogP contribution in [0.5, 0.6) is 0 Å². The van der Waals surface area contributed by atoms with E-state index in [1.54, 1.807) is 29.3 Å². The second-order valence-electron chi connectivity index (χ2n) is 4.12. The number of hydrogen-bond donors (Lipinski definition) is 1. The molecule has 2 rings (SSSR count). The standard InChI is InChI=1S/C10H13N3O2S4/c1-7(2)6-17-10-12-11-9(18-10)13-19(14,15)8-4-3-5-16-8/h3-5,7H,6H2,1-2H3,(H,11,13). The molecular formula is C10H13N3O2S4. The van der Waals surface area contributed by atoms with Crippen molar-refractivity contribution < 1.29 is 8.42 Å². The number of aromatic nitrogens is 2. The highest BCUT2D eigenvalue weighted by Gasteiger charge is 2.17. The van der Waals surface area contributed by atoms with E-state index in [1.807, 2.05) is 0 Å². The molecule has 0 saturated carbocycles. The summed E-state index contributed by atoms with van der Waals surface area (Å²) in [4.78, 5) is 0. The van der Waals surface area contributed by atoms with Crippen molar-refractivity contribution in [1.29, 1.82) is 0 Å². The van der Waals surface area contributed by atoms with Crippen LogP contribution in [0.3, 0.4) is 0 Å². The van der Waals surface area contributed by atoms with Crippen LogP contribution in [0.2, 0.25) is 0 Å². The van der Waals surface area contributed by atoms with Crippen molar-refractivity contribution in [3.05, 3.63) is 17.5 Å². The summed E-state index contributed by atoms with van der Waals surface area (Å²) in [5.41, 5.74) is 0. The van der Waals surface area contributed by atoms with Gasteiger partial charge in [-0.15, -0.1) is 21.5 Å². The van der Waals surface area contributed by atoms with E-state index in [0.717, 1.165) is 10.1 Å². The number of nitrogens with one attached hydrogen (secondary N) is 1. The lowest BCUT2D eigenvalue weighted by Gasteiger charge is -2.01. The molecule has 5 nitrogen and oxygen atoms in total. The minimum atomic E-state index is -3.52. The maximum atomic E-state index is 12.0. The molecule has 0 aliphatic rings. The first-order valence-electron chi connectivity index (χ1n) is 5.50. The Hall–Kier alpha value is -0.640. The zero-order chi connectivity index (χ0) is 13.9. The Bertz CT molecular complexity index is 619. The second kappa shape index (κ2) is 6.21. The van der Waals surface area contributed by atoms with Crippen LogP contribution in [-0.2, 0) is 10.0 Å². The quantitative estimate of drug-likeness (QED) is 0.821.